The quantitative estimate of drug-likeness (QED) is 0.766. The fourth-order valence-corrected chi connectivity index (χ4v) is 3.05. The summed E-state index contributed by atoms with van der Waals surface area (Å²) in [4.78, 5) is 0. The first-order valence-electron chi connectivity index (χ1n) is 7.59. The van der Waals surface area contributed by atoms with E-state index in [2.05, 4.69) is 83.6 Å². The van der Waals surface area contributed by atoms with E-state index in [1.165, 1.54) is 16.7 Å². The molecule has 0 radical (unpaired) electrons. The lowest BCUT2D eigenvalue weighted by Crippen LogP contribution is -2.19. The maximum Gasteiger partial charge on any atom is 0.0178 e. The van der Waals surface area contributed by atoms with Crippen molar-refractivity contribution in [2.24, 2.45) is 0 Å². The van der Waals surface area contributed by atoms with E-state index in [1.807, 2.05) is 7.05 Å². The van der Waals surface area contributed by atoms with Crippen LogP contribution in [0.25, 0.3) is 0 Å². The van der Waals surface area contributed by atoms with Gasteiger partial charge in [0.1, 0.15) is 0 Å². The summed E-state index contributed by atoms with van der Waals surface area (Å²) in [5.41, 5.74) is 4.19. The van der Waals surface area contributed by atoms with Crippen LogP contribution in [0.3, 0.4) is 0 Å². The van der Waals surface area contributed by atoms with Crippen LogP contribution in [0.5, 0.6) is 0 Å². The molecule has 2 aromatic carbocycles. The lowest BCUT2D eigenvalue weighted by Gasteiger charge is -2.18. The molecule has 21 heavy (non-hydrogen) atoms. The van der Waals surface area contributed by atoms with Gasteiger partial charge in [0, 0.05) is 16.9 Å². The van der Waals surface area contributed by atoms with Crippen LogP contribution >= 0.6 is 15.9 Å². The van der Waals surface area contributed by atoms with Gasteiger partial charge in [-0.2, -0.15) is 0 Å². The third-order valence-electron chi connectivity index (χ3n) is 3.90. The first-order valence-corrected chi connectivity index (χ1v) is 8.38. The number of benzene rings is 2. The number of rotatable bonds is 6. The highest BCUT2D eigenvalue weighted by Crippen LogP contribution is 2.24. The molecule has 0 bridgehead atoms. The predicted octanol–water partition coefficient (Wildman–Crippen LogP) is 5.12. The smallest absolute Gasteiger partial charge is 0.0178 e. The molecule has 0 amide bonds. The van der Waals surface area contributed by atoms with Crippen molar-refractivity contribution in [2.75, 3.05) is 13.6 Å². The zero-order chi connectivity index (χ0) is 15.2. The highest BCUT2D eigenvalue weighted by molar-refractivity contribution is 9.10. The standard InChI is InChI=1S/C19H24BrN/c1-14(2)16-9-7-15(8-10-16)11-18(13-21-3)17-5-4-6-19(20)12-17/h4-10,12,14,18,21H,11,13H2,1-3H3. The zero-order valence-electron chi connectivity index (χ0n) is 13.1. The van der Waals surface area contributed by atoms with Gasteiger partial charge >= 0.3 is 0 Å². The highest BCUT2D eigenvalue weighted by Gasteiger charge is 2.12. The number of likely N-dealkylation sites (N-methyl/N-ethyl adjacent to an activating group) is 1. The topological polar surface area (TPSA) is 12.0 Å². The van der Waals surface area contributed by atoms with Crippen molar-refractivity contribution < 1.29 is 0 Å². The summed E-state index contributed by atoms with van der Waals surface area (Å²) in [6, 6.07) is 17.7. The zero-order valence-corrected chi connectivity index (χ0v) is 14.7. The van der Waals surface area contributed by atoms with Gasteiger partial charge < -0.3 is 5.32 Å². The maximum atomic E-state index is 3.57. The van der Waals surface area contributed by atoms with E-state index in [4.69, 9.17) is 0 Å². The Hall–Kier alpha value is -1.12. The summed E-state index contributed by atoms with van der Waals surface area (Å²) in [6.45, 7) is 5.46. The lowest BCUT2D eigenvalue weighted by molar-refractivity contribution is 0.625. The Labute approximate surface area is 136 Å². The van der Waals surface area contributed by atoms with Gasteiger partial charge in [0.05, 0.1) is 0 Å². The van der Waals surface area contributed by atoms with Crippen LogP contribution in [0.2, 0.25) is 0 Å². The largest absolute Gasteiger partial charge is 0.319 e. The van der Waals surface area contributed by atoms with Crippen molar-refractivity contribution >= 4 is 15.9 Å². The van der Waals surface area contributed by atoms with Crippen LogP contribution in [0.4, 0.5) is 0 Å². The summed E-state index contributed by atoms with van der Waals surface area (Å²) < 4.78 is 1.15. The van der Waals surface area contributed by atoms with Crippen molar-refractivity contribution in [3.63, 3.8) is 0 Å². The number of halogens is 1. The molecule has 2 rings (SSSR count). The first-order chi connectivity index (χ1) is 10.1. The van der Waals surface area contributed by atoms with E-state index < -0.39 is 0 Å². The highest BCUT2D eigenvalue weighted by atomic mass is 79.9. The van der Waals surface area contributed by atoms with Crippen LogP contribution in [0.1, 0.15) is 42.4 Å². The van der Waals surface area contributed by atoms with Gasteiger partial charge in [-0.25, -0.2) is 0 Å². The Morgan fingerprint density at radius 1 is 1.00 bits per heavy atom. The molecule has 0 aliphatic carbocycles. The van der Waals surface area contributed by atoms with E-state index >= 15 is 0 Å². The summed E-state index contributed by atoms with van der Waals surface area (Å²) in [6.07, 6.45) is 1.07. The van der Waals surface area contributed by atoms with Crippen LogP contribution in [-0.4, -0.2) is 13.6 Å². The molecule has 0 aromatic heterocycles. The summed E-state index contributed by atoms with van der Waals surface area (Å²) in [5, 5.41) is 3.32. The molecule has 0 aliphatic heterocycles. The Bertz CT molecular complexity index is 560. The van der Waals surface area contributed by atoms with Crippen LogP contribution in [0.15, 0.2) is 53.0 Å². The van der Waals surface area contributed by atoms with E-state index in [1.54, 1.807) is 0 Å². The molecule has 0 aliphatic rings. The minimum absolute atomic E-state index is 0.498. The van der Waals surface area contributed by atoms with Crippen LogP contribution < -0.4 is 5.32 Å². The fraction of sp³-hybridized carbons (Fsp3) is 0.368. The molecule has 0 fully saturated rings. The molecule has 2 aromatic rings. The van der Waals surface area contributed by atoms with Gasteiger partial charge in [-0.3, -0.25) is 0 Å². The second-order valence-corrected chi connectivity index (χ2v) is 6.83. The fourth-order valence-electron chi connectivity index (χ4n) is 2.64. The van der Waals surface area contributed by atoms with Crippen molar-refractivity contribution in [3.05, 3.63) is 69.7 Å². The number of nitrogens with one attached hydrogen (secondary N) is 1. The van der Waals surface area contributed by atoms with Gasteiger partial charge in [0.15, 0.2) is 0 Å². The summed E-state index contributed by atoms with van der Waals surface area (Å²) in [5.74, 6) is 1.09. The van der Waals surface area contributed by atoms with E-state index in [-0.39, 0.29) is 0 Å². The van der Waals surface area contributed by atoms with Crippen molar-refractivity contribution in [3.8, 4) is 0 Å². The predicted molar refractivity (Wildman–Crippen MR) is 95.0 cm³/mol. The average Bonchev–Trinajstić information content (AvgIpc) is 2.47. The maximum absolute atomic E-state index is 3.57. The lowest BCUT2D eigenvalue weighted by atomic mass is 9.91. The molecule has 112 valence electrons. The normalized spacial score (nSPS) is 12.6. The Kier molecular flexibility index (Phi) is 6.01. The van der Waals surface area contributed by atoms with Gasteiger partial charge in [0.2, 0.25) is 0 Å². The van der Waals surface area contributed by atoms with Gasteiger partial charge in [-0.15, -0.1) is 0 Å². The molecular weight excluding hydrogens is 322 g/mol. The average molecular weight is 346 g/mol. The number of hydrogen-bond acceptors (Lipinski definition) is 1. The third-order valence-corrected chi connectivity index (χ3v) is 4.39. The van der Waals surface area contributed by atoms with E-state index in [0.717, 1.165) is 17.4 Å². The van der Waals surface area contributed by atoms with E-state index in [0.29, 0.717) is 11.8 Å². The minimum atomic E-state index is 0.498. The van der Waals surface area contributed by atoms with E-state index in [9.17, 15) is 0 Å². The van der Waals surface area contributed by atoms with Gasteiger partial charge in [0.25, 0.3) is 0 Å². The minimum Gasteiger partial charge on any atom is -0.319 e. The molecule has 0 heterocycles. The van der Waals surface area contributed by atoms with Gasteiger partial charge in [-0.05, 0) is 48.2 Å². The van der Waals surface area contributed by atoms with Crippen molar-refractivity contribution in [1.29, 1.82) is 0 Å². The second kappa shape index (κ2) is 7.77. The Balaban J connectivity index is 2.16. The van der Waals surface area contributed by atoms with Crippen molar-refractivity contribution in [1.82, 2.24) is 5.32 Å². The summed E-state index contributed by atoms with van der Waals surface area (Å²) in [7, 11) is 2.02. The molecule has 1 nitrogen and oxygen atoms in total. The molecule has 2 heteroatoms. The van der Waals surface area contributed by atoms with Crippen molar-refractivity contribution in [2.45, 2.75) is 32.1 Å². The summed E-state index contributed by atoms with van der Waals surface area (Å²) >= 11 is 3.57. The molecule has 1 N–H and O–H groups in total. The SMILES string of the molecule is CNCC(Cc1ccc(C(C)C)cc1)c1cccc(Br)c1. The Morgan fingerprint density at radius 2 is 1.71 bits per heavy atom. The third kappa shape index (κ3) is 4.69. The van der Waals surface area contributed by atoms with Crippen LogP contribution in [-0.2, 0) is 6.42 Å². The molecule has 0 saturated carbocycles. The molecule has 1 atom stereocenters. The molecular formula is C19H24BrN. The van der Waals surface area contributed by atoms with Crippen LogP contribution in [0, 0.1) is 0 Å². The molecule has 0 saturated heterocycles. The second-order valence-electron chi connectivity index (χ2n) is 5.91. The molecule has 1 unspecified atom stereocenters. The number of hydrogen-bond donors (Lipinski definition) is 1. The first kappa shape index (κ1) is 16.3. The Morgan fingerprint density at radius 3 is 2.29 bits per heavy atom. The monoisotopic (exact) mass is 345 g/mol. The molecule has 0 spiro atoms. The van der Waals surface area contributed by atoms with Gasteiger partial charge in [-0.1, -0.05) is 66.2 Å².